The minimum absolute atomic E-state index is 0.890. The molecule has 1 aliphatic heterocycles. The van der Waals surface area contributed by atoms with E-state index in [1.165, 1.54) is 0 Å². The maximum absolute atomic E-state index is 7.84. The first-order valence-electron chi connectivity index (χ1n) is 19.0. The molecule has 0 aliphatic carbocycles. The van der Waals surface area contributed by atoms with E-state index >= 15 is 0 Å². The molecule has 0 aromatic heterocycles. The molecule has 0 amide bonds. The van der Waals surface area contributed by atoms with Crippen LogP contribution in [-0.4, -0.2) is 31.4 Å². The summed E-state index contributed by atoms with van der Waals surface area (Å²) >= 11 is 0. The number of hydrogen-bond acceptors (Lipinski definition) is 4. The van der Waals surface area contributed by atoms with E-state index in [0.717, 1.165) is 53.9 Å². The fraction of sp³-hybridized carbons (Fsp3) is 0. The van der Waals surface area contributed by atoms with Crippen LogP contribution in [0, 0.1) is 0 Å². The maximum Gasteiger partial charge on any atom is 0.476 e. The largest absolute Gasteiger partial charge is 0.476 e. The van der Waals surface area contributed by atoms with Crippen LogP contribution < -0.4 is 31.7 Å². The zero-order valence-corrected chi connectivity index (χ0v) is 32.7. The Labute approximate surface area is 331 Å². The van der Waals surface area contributed by atoms with Crippen molar-refractivity contribution in [3.63, 3.8) is 0 Å². The second-order valence-electron chi connectivity index (χ2n) is 13.7. The molecule has 0 atom stereocenters. The van der Waals surface area contributed by atoms with Crippen molar-refractivity contribution in [3.05, 3.63) is 231 Å². The average molecular weight is 757 g/mol. The molecule has 0 unspecified atom stereocenters. The van der Waals surface area contributed by atoms with E-state index < -0.39 is 31.4 Å². The van der Waals surface area contributed by atoms with Gasteiger partial charge in [0.25, 0.3) is 0 Å². The lowest BCUT2D eigenvalue weighted by Gasteiger charge is -2.45. The van der Waals surface area contributed by atoms with Crippen LogP contribution in [0.25, 0.3) is 22.3 Å². The molecule has 9 rings (SSSR count). The third-order valence-corrected chi connectivity index (χ3v) is 16.9. The summed E-state index contributed by atoms with van der Waals surface area (Å²) in [7, 11) is -9.31. The summed E-state index contributed by atoms with van der Waals surface area (Å²) < 4.78 is 31.4. The Balaban J connectivity index is 1.36. The Bertz CT molecular complexity index is 2230. The third kappa shape index (κ3) is 6.95. The normalized spacial score (nSPS) is 15.1. The SMILES string of the molecule is c1ccc(-c2ccccc2B2O[Si](c3ccccc3)(c3ccccc3)OB(c3ccccc3-c3ccccc3)O[Si](c3ccccc3)(c3ccccc3)O2)cc1. The highest BCUT2D eigenvalue weighted by atomic mass is 28.4. The molecule has 56 heavy (non-hydrogen) atoms. The van der Waals surface area contributed by atoms with Crippen molar-refractivity contribution in [1.29, 1.82) is 0 Å². The van der Waals surface area contributed by atoms with Gasteiger partial charge in [0.1, 0.15) is 0 Å². The fourth-order valence-electron chi connectivity index (χ4n) is 7.63. The topological polar surface area (TPSA) is 36.9 Å². The van der Waals surface area contributed by atoms with Crippen molar-refractivity contribution in [2.75, 3.05) is 0 Å². The molecule has 1 saturated heterocycles. The standard InChI is InChI=1S/C48H38B2O4Si2/c1-7-23-39(24-8-1)45-35-19-21-37-47(45)49-51-55(41-27-11-3-12-28-41,42-29-13-4-14-30-42)53-50(48-38-22-20-36-46(48)40-25-9-2-10-26-40)54-56(52-49,43-31-15-5-16-32-43)44-33-17-6-18-34-44/h1-38H. The molecular weight excluding hydrogens is 718 g/mol. The van der Waals surface area contributed by atoms with Gasteiger partial charge in [-0.1, -0.05) is 231 Å². The Morgan fingerprint density at radius 1 is 0.250 bits per heavy atom. The molecule has 0 radical (unpaired) electrons. The highest BCUT2D eigenvalue weighted by Gasteiger charge is 2.58. The van der Waals surface area contributed by atoms with Crippen LogP contribution in [0.3, 0.4) is 0 Å². The van der Waals surface area contributed by atoms with Gasteiger partial charge in [-0.05, 0) is 53.9 Å². The second kappa shape index (κ2) is 16.1. The van der Waals surface area contributed by atoms with Crippen molar-refractivity contribution in [2.24, 2.45) is 0 Å². The average Bonchev–Trinajstić information content (AvgIpc) is 3.28. The van der Waals surface area contributed by atoms with E-state index in [0.29, 0.717) is 0 Å². The lowest BCUT2D eigenvalue weighted by Crippen LogP contribution is -2.78. The Hall–Kier alpha value is -5.84. The monoisotopic (exact) mass is 756 g/mol. The Morgan fingerprint density at radius 3 is 0.768 bits per heavy atom. The van der Waals surface area contributed by atoms with Crippen LogP contribution in [-0.2, 0) is 17.4 Å². The summed E-state index contributed by atoms with van der Waals surface area (Å²) in [4.78, 5) is 0. The van der Waals surface area contributed by atoms with Crippen molar-refractivity contribution < 1.29 is 17.4 Å². The van der Waals surface area contributed by atoms with Gasteiger partial charge in [0.05, 0.1) is 0 Å². The van der Waals surface area contributed by atoms with E-state index in [-0.39, 0.29) is 0 Å². The quantitative estimate of drug-likeness (QED) is 0.162. The highest BCUT2D eigenvalue weighted by molar-refractivity contribution is 7.06. The predicted molar refractivity (Wildman–Crippen MR) is 235 cm³/mol. The Kier molecular flexibility index (Phi) is 10.3. The van der Waals surface area contributed by atoms with E-state index in [9.17, 15) is 0 Å². The molecule has 0 saturated carbocycles. The van der Waals surface area contributed by atoms with Crippen LogP contribution >= 0.6 is 0 Å². The van der Waals surface area contributed by atoms with Gasteiger partial charge in [-0.2, -0.15) is 0 Å². The van der Waals surface area contributed by atoms with Crippen LogP contribution in [0.2, 0.25) is 0 Å². The van der Waals surface area contributed by atoms with Gasteiger partial charge in [-0.15, -0.1) is 0 Å². The first-order valence-corrected chi connectivity index (χ1v) is 22.6. The molecule has 8 aromatic rings. The molecule has 4 nitrogen and oxygen atoms in total. The molecule has 0 spiro atoms. The van der Waals surface area contributed by atoms with Gasteiger partial charge in [0.2, 0.25) is 0 Å². The van der Waals surface area contributed by atoms with Gasteiger partial charge >= 0.3 is 31.4 Å². The lowest BCUT2D eigenvalue weighted by atomic mass is 9.75. The van der Waals surface area contributed by atoms with Gasteiger partial charge in [0.15, 0.2) is 0 Å². The predicted octanol–water partition coefficient (Wildman–Crippen LogP) is 6.70. The summed E-state index contributed by atoms with van der Waals surface area (Å²) in [6.07, 6.45) is 0. The molecule has 0 N–H and O–H groups in total. The first-order chi connectivity index (χ1) is 27.7. The number of benzene rings is 8. The van der Waals surface area contributed by atoms with Gasteiger partial charge in [-0.25, -0.2) is 0 Å². The summed E-state index contributed by atoms with van der Waals surface area (Å²) in [5.74, 6) is 0. The van der Waals surface area contributed by atoms with E-state index in [4.69, 9.17) is 17.4 Å². The van der Waals surface area contributed by atoms with Gasteiger partial charge in [0, 0.05) is 0 Å². The lowest BCUT2D eigenvalue weighted by molar-refractivity contribution is 0.288. The second-order valence-corrected chi connectivity index (χ2v) is 19.5. The summed E-state index contributed by atoms with van der Waals surface area (Å²) in [5.41, 5.74) is 5.93. The third-order valence-electron chi connectivity index (χ3n) is 10.3. The van der Waals surface area contributed by atoms with E-state index in [2.05, 4.69) is 146 Å². The first kappa shape index (κ1) is 35.8. The minimum Gasteiger partial charge on any atom is -0.423 e. The van der Waals surface area contributed by atoms with Crippen molar-refractivity contribution in [3.8, 4) is 22.3 Å². The molecule has 8 aromatic carbocycles. The van der Waals surface area contributed by atoms with Crippen LogP contribution in [0.15, 0.2) is 231 Å². The summed E-state index contributed by atoms with van der Waals surface area (Å²) in [5, 5.41) is 3.76. The molecule has 8 heteroatoms. The van der Waals surface area contributed by atoms with Crippen molar-refractivity contribution >= 4 is 63.0 Å². The summed E-state index contributed by atoms with van der Waals surface area (Å²) in [6, 6.07) is 79.0. The van der Waals surface area contributed by atoms with Crippen LogP contribution in [0.5, 0.6) is 0 Å². The van der Waals surface area contributed by atoms with Crippen LogP contribution in [0.4, 0.5) is 0 Å². The van der Waals surface area contributed by atoms with E-state index in [1.807, 2.05) is 84.9 Å². The van der Waals surface area contributed by atoms with E-state index in [1.54, 1.807) is 0 Å². The highest BCUT2D eigenvalue weighted by Crippen LogP contribution is 2.28. The Morgan fingerprint density at radius 2 is 0.482 bits per heavy atom. The van der Waals surface area contributed by atoms with Gasteiger partial charge < -0.3 is 17.4 Å². The van der Waals surface area contributed by atoms with Crippen molar-refractivity contribution in [1.82, 2.24) is 0 Å². The maximum atomic E-state index is 7.84. The summed E-state index contributed by atoms with van der Waals surface area (Å²) in [6.45, 7) is 0. The molecular formula is C48H38B2O4Si2. The molecule has 1 heterocycles. The minimum atomic E-state index is -3.75. The molecule has 1 fully saturated rings. The smallest absolute Gasteiger partial charge is 0.423 e. The molecule has 268 valence electrons. The zero-order valence-electron chi connectivity index (χ0n) is 30.7. The van der Waals surface area contributed by atoms with Crippen molar-refractivity contribution in [2.45, 2.75) is 0 Å². The molecule has 1 aliphatic rings. The van der Waals surface area contributed by atoms with Crippen LogP contribution in [0.1, 0.15) is 0 Å². The number of rotatable bonds is 8. The van der Waals surface area contributed by atoms with Gasteiger partial charge in [-0.3, -0.25) is 0 Å². The molecule has 0 bridgehead atoms. The number of hydrogen-bond donors (Lipinski definition) is 0. The zero-order chi connectivity index (χ0) is 37.6. The fourth-order valence-corrected chi connectivity index (χ4v) is 14.1.